The molecule has 1 rings (SSSR count). The summed E-state index contributed by atoms with van der Waals surface area (Å²) in [5, 5.41) is 8.55. The Morgan fingerprint density at radius 3 is 2.65 bits per heavy atom. The number of benzene rings is 1. The molecule has 0 fully saturated rings. The summed E-state index contributed by atoms with van der Waals surface area (Å²) in [5.41, 5.74) is -0.211. The van der Waals surface area contributed by atoms with Gasteiger partial charge in [-0.1, -0.05) is 6.07 Å². The van der Waals surface area contributed by atoms with Crippen molar-refractivity contribution in [2.75, 3.05) is 0 Å². The largest absolute Gasteiger partial charge is 0.456 e. The third-order valence-corrected chi connectivity index (χ3v) is 1.93. The molecule has 0 radical (unpaired) electrons. The fourth-order valence-electron chi connectivity index (χ4n) is 1.26. The number of hydrogen-bond donors (Lipinski definition) is 0. The number of nitriles is 1. The topological polar surface area (TPSA) is 50.1 Å². The second-order valence-electron chi connectivity index (χ2n) is 4.65. The summed E-state index contributed by atoms with van der Waals surface area (Å²) < 4.78 is 18.5. The molecule has 1 aromatic rings. The SMILES string of the molecule is CC(C)(C)OC(=O)c1cc(CC#N)ccc1F. The van der Waals surface area contributed by atoms with E-state index in [4.69, 9.17) is 10.00 Å². The minimum atomic E-state index is -0.713. The highest BCUT2D eigenvalue weighted by Crippen LogP contribution is 2.16. The number of carbonyl (C=O) groups excluding carboxylic acids is 1. The van der Waals surface area contributed by atoms with E-state index in [1.165, 1.54) is 18.2 Å². The van der Waals surface area contributed by atoms with Gasteiger partial charge >= 0.3 is 5.97 Å². The molecule has 0 saturated heterocycles. The van der Waals surface area contributed by atoms with Gasteiger partial charge in [0.25, 0.3) is 0 Å². The van der Waals surface area contributed by atoms with E-state index < -0.39 is 17.4 Å². The Balaban J connectivity index is 3.01. The van der Waals surface area contributed by atoms with Gasteiger partial charge in [-0.3, -0.25) is 0 Å². The Labute approximate surface area is 99.8 Å². The van der Waals surface area contributed by atoms with Crippen molar-refractivity contribution in [1.82, 2.24) is 0 Å². The first-order valence-electron chi connectivity index (χ1n) is 5.22. The van der Waals surface area contributed by atoms with E-state index in [2.05, 4.69) is 0 Å². The summed E-state index contributed by atoms with van der Waals surface area (Å²) in [4.78, 5) is 11.7. The van der Waals surface area contributed by atoms with Crippen molar-refractivity contribution in [3.63, 3.8) is 0 Å². The van der Waals surface area contributed by atoms with Gasteiger partial charge in [-0.15, -0.1) is 0 Å². The molecule has 0 bridgehead atoms. The zero-order valence-electron chi connectivity index (χ0n) is 10.1. The number of hydrogen-bond acceptors (Lipinski definition) is 3. The third-order valence-electron chi connectivity index (χ3n) is 1.93. The summed E-state index contributed by atoms with van der Waals surface area (Å²) >= 11 is 0. The average molecular weight is 235 g/mol. The van der Waals surface area contributed by atoms with E-state index in [0.717, 1.165) is 0 Å². The lowest BCUT2D eigenvalue weighted by atomic mass is 10.1. The highest BCUT2D eigenvalue weighted by Gasteiger charge is 2.20. The van der Waals surface area contributed by atoms with Gasteiger partial charge in [-0.2, -0.15) is 5.26 Å². The lowest BCUT2D eigenvalue weighted by Gasteiger charge is -2.19. The molecule has 0 unspecified atom stereocenters. The van der Waals surface area contributed by atoms with Gasteiger partial charge in [-0.25, -0.2) is 9.18 Å². The second kappa shape index (κ2) is 4.96. The van der Waals surface area contributed by atoms with Crippen molar-refractivity contribution in [2.24, 2.45) is 0 Å². The van der Waals surface area contributed by atoms with Gasteiger partial charge in [-0.05, 0) is 38.5 Å². The van der Waals surface area contributed by atoms with Gasteiger partial charge in [0.1, 0.15) is 11.4 Å². The summed E-state index contributed by atoms with van der Waals surface area (Å²) in [5.74, 6) is -1.35. The van der Waals surface area contributed by atoms with Crippen LogP contribution in [0, 0.1) is 17.1 Å². The summed E-state index contributed by atoms with van der Waals surface area (Å²) in [6.07, 6.45) is 0.135. The van der Waals surface area contributed by atoms with Crippen molar-refractivity contribution in [2.45, 2.75) is 32.8 Å². The highest BCUT2D eigenvalue weighted by molar-refractivity contribution is 5.90. The summed E-state index contributed by atoms with van der Waals surface area (Å²) in [7, 11) is 0. The van der Waals surface area contributed by atoms with Crippen molar-refractivity contribution in [1.29, 1.82) is 5.26 Å². The maximum Gasteiger partial charge on any atom is 0.341 e. The van der Waals surface area contributed by atoms with Crippen LogP contribution in [0.25, 0.3) is 0 Å². The zero-order valence-corrected chi connectivity index (χ0v) is 10.1. The molecule has 0 aliphatic carbocycles. The lowest BCUT2D eigenvalue weighted by Crippen LogP contribution is -2.24. The van der Waals surface area contributed by atoms with Gasteiger partial charge < -0.3 is 4.74 Å². The van der Waals surface area contributed by atoms with Crippen LogP contribution < -0.4 is 0 Å². The van der Waals surface area contributed by atoms with Crippen LogP contribution in [0.1, 0.15) is 36.7 Å². The molecule has 0 amide bonds. The first kappa shape index (κ1) is 13.2. The predicted molar refractivity (Wildman–Crippen MR) is 60.9 cm³/mol. The van der Waals surface area contributed by atoms with E-state index >= 15 is 0 Å². The molecule has 0 aliphatic rings. The number of halogens is 1. The predicted octanol–water partition coefficient (Wildman–Crippen LogP) is 2.85. The van der Waals surface area contributed by atoms with E-state index in [0.29, 0.717) is 5.56 Å². The van der Waals surface area contributed by atoms with Crippen LogP contribution in [0.15, 0.2) is 18.2 Å². The van der Waals surface area contributed by atoms with Gasteiger partial charge in [0.2, 0.25) is 0 Å². The highest BCUT2D eigenvalue weighted by atomic mass is 19.1. The zero-order chi connectivity index (χ0) is 13.1. The molecule has 0 N–H and O–H groups in total. The van der Waals surface area contributed by atoms with Crippen molar-refractivity contribution < 1.29 is 13.9 Å². The van der Waals surface area contributed by atoms with E-state index in [9.17, 15) is 9.18 Å². The van der Waals surface area contributed by atoms with Crippen LogP contribution in [-0.4, -0.2) is 11.6 Å². The number of nitrogens with zero attached hydrogens (tertiary/aromatic N) is 1. The standard InChI is InChI=1S/C13H14FNO2/c1-13(2,3)17-12(16)10-8-9(6-7-15)4-5-11(10)14/h4-5,8H,6H2,1-3H3. The van der Waals surface area contributed by atoms with E-state index in [-0.39, 0.29) is 12.0 Å². The Morgan fingerprint density at radius 1 is 1.47 bits per heavy atom. The quantitative estimate of drug-likeness (QED) is 0.740. The van der Waals surface area contributed by atoms with Crippen LogP contribution in [0.3, 0.4) is 0 Å². The summed E-state index contributed by atoms with van der Waals surface area (Å²) in [6, 6.07) is 5.95. The molecule has 0 atom stereocenters. The molecule has 0 heterocycles. The Hall–Kier alpha value is -1.89. The minimum Gasteiger partial charge on any atom is -0.456 e. The Morgan fingerprint density at radius 2 is 2.12 bits per heavy atom. The fraction of sp³-hybridized carbons (Fsp3) is 0.385. The molecule has 4 heteroatoms. The maximum atomic E-state index is 13.5. The third kappa shape index (κ3) is 3.87. The van der Waals surface area contributed by atoms with Gasteiger partial charge in [0.05, 0.1) is 18.1 Å². The lowest BCUT2D eigenvalue weighted by molar-refractivity contribution is 0.00646. The fourth-order valence-corrected chi connectivity index (χ4v) is 1.26. The number of rotatable bonds is 2. The molecule has 0 saturated carbocycles. The minimum absolute atomic E-state index is 0.132. The van der Waals surface area contributed by atoms with Crippen LogP contribution >= 0.6 is 0 Å². The normalized spacial score (nSPS) is 10.8. The Bertz CT molecular complexity index is 469. The van der Waals surface area contributed by atoms with E-state index in [1.807, 2.05) is 6.07 Å². The summed E-state index contributed by atoms with van der Waals surface area (Å²) in [6.45, 7) is 5.13. The van der Waals surface area contributed by atoms with Crippen molar-refractivity contribution in [3.05, 3.63) is 35.1 Å². The van der Waals surface area contributed by atoms with Crippen molar-refractivity contribution >= 4 is 5.97 Å². The van der Waals surface area contributed by atoms with E-state index in [1.54, 1.807) is 20.8 Å². The molecular formula is C13H14FNO2. The second-order valence-corrected chi connectivity index (χ2v) is 4.65. The molecule has 0 aliphatic heterocycles. The Kier molecular flexibility index (Phi) is 3.84. The number of carbonyl (C=O) groups is 1. The van der Waals surface area contributed by atoms with Crippen LogP contribution in [0.4, 0.5) is 4.39 Å². The first-order valence-corrected chi connectivity index (χ1v) is 5.22. The monoisotopic (exact) mass is 235 g/mol. The van der Waals surface area contributed by atoms with Crippen LogP contribution in [0.2, 0.25) is 0 Å². The van der Waals surface area contributed by atoms with Crippen LogP contribution in [0.5, 0.6) is 0 Å². The molecule has 90 valence electrons. The van der Waals surface area contributed by atoms with Gasteiger partial charge in [0, 0.05) is 0 Å². The average Bonchev–Trinajstić information content (AvgIpc) is 2.18. The maximum absolute atomic E-state index is 13.5. The smallest absolute Gasteiger partial charge is 0.341 e. The molecule has 3 nitrogen and oxygen atoms in total. The van der Waals surface area contributed by atoms with Gasteiger partial charge in [0.15, 0.2) is 0 Å². The first-order chi connectivity index (χ1) is 7.83. The van der Waals surface area contributed by atoms with Crippen LogP contribution in [-0.2, 0) is 11.2 Å². The molecule has 17 heavy (non-hydrogen) atoms. The molecule has 0 aromatic heterocycles. The number of ether oxygens (including phenoxy) is 1. The molecule has 1 aromatic carbocycles. The van der Waals surface area contributed by atoms with Crippen molar-refractivity contribution in [3.8, 4) is 6.07 Å². The molecular weight excluding hydrogens is 221 g/mol. The number of esters is 1. The molecule has 0 spiro atoms.